The van der Waals surface area contributed by atoms with Crippen LogP contribution in [-0.4, -0.2) is 28.8 Å². The second-order valence-electron chi connectivity index (χ2n) is 4.45. The zero-order valence-corrected chi connectivity index (χ0v) is 12.0. The highest BCUT2D eigenvalue weighted by atomic mass is 35.5. The molecule has 5 nitrogen and oxygen atoms in total. The van der Waals surface area contributed by atoms with Crippen molar-refractivity contribution in [3.63, 3.8) is 0 Å². The molecule has 1 atom stereocenters. The summed E-state index contributed by atoms with van der Waals surface area (Å²) in [5.41, 5.74) is -0.298. The van der Waals surface area contributed by atoms with E-state index in [2.05, 4.69) is 0 Å². The Balaban J connectivity index is 3.13. The van der Waals surface area contributed by atoms with Gasteiger partial charge in [0.15, 0.2) is 0 Å². The van der Waals surface area contributed by atoms with E-state index in [1.54, 1.807) is 13.1 Å². The maximum absolute atomic E-state index is 12.3. The van der Waals surface area contributed by atoms with Crippen molar-refractivity contribution in [2.75, 3.05) is 7.05 Å². The van der Waals surface area contributed by atoms with Crippen LogP contribution in [0, 0.1) is 10.1 Å². The van der Waals surface area contributed by atoms with Crippen molar-refractivity contribution in [2.24, 2.45) is 0 Å². The monoisotopic (exact) mass is 284 g/mol. The molecule has 19 heavy (non-hydrogen) atoms. The number of amides is 1. The Morgan fingerprint density at radius 2 is 2.16 bits per heavy atom. The average Bonchev–Trinajstić information content (AvgIpc) is 2.36. The van der Waals surface area contributed by atoms with Gasteiger partial charge in [0.05, 0.1) is 4.92 Å². The molecule has 0 fully saturated rings. The van der Waals surface area contributed by atoms with E-state index in [4.69, 9.17) is 11.6 Å². The lowest BCUT2D eigenvalue weighted by atomic mass is 10.1. The molecule has 1 aromatic rings. The number of carbonyl (C=O) groups is 1. The zero-order valence-electron chi connectivity index (χ0n) is 11.2. The van der Waals surface area contributed by atoms with E-state index in [0.717, 1.165) is 12.8 Å². The Labute approximate surface area is 117 Å². The maximum atomic E-state index is 12.3. The summed E-state index contributed by atoms with van der Waals surface area (Å²) >= 11 is 5.80. The molecule has 0 aliphatic heterocycles. The van der Waals surface area contributed by atoms with Gasteiger partial charge < -0.3 is 4.90 Å². The smallest absolute Gasteiger partial charge is 0.300 e. The summed E-state index contributed by atoms with van der Waals surface area (Å²) in [6.45, 7) is 3.94. The molecular formula is C13H17ClN2O3. The maximum Gasteiger partial charge on any atom is 0.300 e. The summed E-state index contributed by atoms with van der Waals surface area (Å²) in [7, 11) is 1.65. The van der Waals surface area contributed by atoms with Crippen molar-refractivity contribution in [1.29, 1.82) is 0 Å². The van der Waals surface area contributed by atoms with E-state index in [0.29, 0.717) is 0 Å². The molecule has 0 aliphatic rings. The van der Waals surface area contributed by atoms with Gasteiger partial charge in [0.1, 0.15) is 10.6 Å². The lowest BCUT2D eigenvalue weighted by Gasteiger charge is -2.24. The van der Waals surface area contributed by atoms with Crippen molar-refractivity contribution in [3.8, 4) is 0 Å². The van der Waals surface area contributed by atoms with E-state index >= 15 is 0 Å². The number of hydrogen-bond donors (Lipinski definition) is 0. The van der Waals surface area contributed by atoms with Gasteiger partial charge in [-0.1, -0.05) is 31.0 Å². The first-order chi connectivity index (χ1) is 8.90. The molecule has 0 aliphatic carbocycles. The molecule has 0 bridgehead atoms. The molecule has 0 heterocycles. The third-order valence-corrected chi connectivity index (χ3v) is 3.39. The molecule has 0 spiro atoms. The SMILES string of the molecule is CCC[C@H](C)N(C)C(=O)c1cccc(Cl)c1[N+](=O)[O-]. The van der Waals surface area contributed by atoms with Crippen LogP contribution in [0.3, 0.4) is 0 Å². The first-order valence-electron chi connectivity index (χ1n) is 6.10. The van der Waals surface area contributed by atoms with Gasteiger partial charge in [-0.2, -0.15) is 0 Å². The third kappa shape index (κ3) is 3.44. The molecule has 0 saturated heterocycles. The van der Waals surface area contributed by atoms with E-state index in [1.165, 1.54) is 17.0 Å². The lowest BCUT2D eigenvalue weighted by molar-refractivity contribution is -0.385. The first kappa shape index (κ1) is 15.4. The Bertz CT molecular complexity index is 491. The highest BCUT2D eigenvalue weighted by molar-refractivity contribution is 6.33. The molecule has 0 radical (unpaired) electrons. The molecule has 104 valence electrons. The fourth-order valence-electron chi connectivity index (χ4n) is 1.88. The standard InChI is InChI=1S/C13H17ClN2O3/c1-4-6-9(2)15(3)13(17)10-7-5-8-11(14)12(10)16(18)19/h5,7-9H,4,6H2,1-3H3/t9-/m0/s1. The van der Waals surface area contributed by atoms with Gasteiger partial charge in [-0.15, -0.1) is 0 Å². The zero-order chi connectivity index (χ0) is 14.6. The van der Waals surface area contributed by atoms with Crippen LogP contribution in [0.5, 0.6) is 0 Å². The fourth-order valence-corrected chi connectivity index (χ4v) is 2.12. The van der Waals surface area contributed by atoms with Crippen LogP contribution in [0.1, 0.15) is 37.0 Å². The number of nitro benzene ring substituents is 1. The van der Waals surface area contributed by atoms with Gasteiger partial charge in [-0.05, 0) is 25.5 Å². The Hall–Kier alpha value is -1.62. The lowest BCUT2D eigenvalue weighted by Crippen LogP contribution is -2.35. The highest BCUT2D eigenvalue weighted by Gasteiger charge is 2.27. The molecule has 1 amide bonds. The first-order valence-corrected chi connectivity index (χ1v) is 6.48. The normalized spacial score (nSPS) is 12.0. The Kier molecular flexibility index (Phi) is 5.30. The number of carbonyl (C=O) groups excluding carboxylic acids is 1. The summed E-state index contributed by atoms with van der Waals surface area (Å²) < 4.78 is 0. The summed E-state index contributed by atoms with van der Waals surface area (Å²) in [6.07, 6.45) is 1.78. The van der Waals surface area contributed by atoms with Crippen molar-refractivity contribution < 1.29 is 9.72 Å². The molecule has 0 saturated carbocycles. The van der Waals surface area contributed by atoms with Gasteiger partial charge in [0.25, 0.3) is 5.91 Å². The van der Waals surface area contributed by atoms with E-state index in [-0.39, 0.29) is 28.2 Å². The molecule has 0 N–H and O–H groups in total. The van der Waals surface area contributed by atoms with Gasteiger partial charge in [-0.3, -0.25) is 14.9 Å². The summed E-state index contributed by atoms with van der Waals surface area (Å²) in [5, 5.41) is 11.0. The minimum absolute atomic E-state index is 0.0209. The van der Waals surface area contributed by atoms with Crippen LogP contribution in [-0.2, 0) is 0 Å². The van der Waals surface area contributed by atoms with Gasteiger partial charge in [-0.25, -0.2) is 0 Å². The molecule has 6 heteroatoms. The largest absolute Gasteiger partial charge is 0.339 e. The molecular weight excluding hydrogens is 268 g/mol. The van der Waals surface area contributed by atoms with Gasteiger partial charge in [0.2, 0.25) is 0 Å². The van der Waals surface area contributed by atoms with Crippen LogP contribution in [0.4, 0.5) is 5.69 Å². The minimum atomic E-state index is -0.617. The van der Waals surface area contributed by atoms with Crippen LogP contribution < -0.4 is 0 Å². The quantitative estimate of drug-likeness (QED) is 0.614. The van der Waals surface area contributed by atoms with E-state index < -0.39 is 4.92 Å². The van der Waals surface area contributed by atoms with Crippen molar-refractivity contribution in [3.05, 3.63) is 38.9 Å². The van der Waals surface area contributed by atoms with Crippen LogP contribution in [0.2, 0.25) is 5.02 Å². The number of benzene rings is 1. The number of nitro groups is 1. The molecule has 0 unspecified atom stereocenters. The summed E-state index contributed by atoms with van der Waals surface area (Å²) in [6, 6.07) is 4.41. The topological polar surface area (TPSA) is 63.5 Å². The van der Waals surface area contributed by atoms with Crippen molar-refractivity contribution in [1.82, 2.24) is 4.90 Å². The van der Waals surface area contributed by atoms with E-state index in [1.807, 2.05) is 13.8 Å². The third-order valence-electron chi connectivity index (χ3n) is 3.09. The molecule has 1 rings (SSSR count). The second-order valence-corrected chi connectivity index (χ2v) is 4.85. The fraction of sp³-hybridized carbons (Fsp3) is 0.462. The Morgan fingerprint density at radius 3 is 2.68 bits per heavy atom. The predicted molar refractivity (Wildman–Crippen MR) is 74.6 cm³/mol. The van der Waals surface area contributed by atoms with Gasteiger partial charge in [0, 0.05) is 13.1 Å². The van der Waals surface area contributed by atoms with Crippen molar-refractivity contribution in [2.45, 2.75) is 32.7 Å². The summed E-state index contributed by atoms with van der Waals surface area (Å²) in [5.74, 6) is -0.379. The van der Waals surface area contributed by atoms with Gasteiger partial charge >= 0.3 is 5.69 Å². The number of halogens is 1. The minimum Gasteiger partial charge on any atom is -0.339 e. The summed E-state index contributed by atoms with van der Waals surface area (Å²) in [4.78, 5) is 24.2. The van der Waals surface area contributed by atoms with Crippen LogP contribution in [0.15, 0.2) is 18.2 Å². The second kappa shape index (κ2) is 6.52. The number of nitrogens with zero attached hydrogens (tertiary/aromatic N) is 2. The Morgan fingerprint density at radius 1 is 1.53 bits per heavy atom. The predicted octanol–water partition coefficient (Wildman–Crippen LogP) is 3.51. The molecule has 1 aromatic carbocycles. The highest BCUT2D eigenvalue weighted by Crippen LogP contribution is 2.29. The van der Waals surface area contributed by atoms with Crippen LogP contribution >= 0.6 is 11.6 Å². The molecule has 0 aromatic heterocycles. The van der Waals surface area contributed by atoms with Crippen LogP contribution in [0.25, 0.3) is 0 Å². The number of para-hydroxylation sites is 1. The number of rotatable bonds is 5. The van der Waals surface area contributed by atoms with E-state index in [9.17, 15) is 14.9 Å². The van der Waals surface area contributed by atoms with Crippen molar-refractivity contribution >= 4 is 23.2 Å². The number of hydrogen-bond acceptors (Lipinski definition) is 3. The average molecular weight is 285 g/mol.